The lowest BCUT2D eigenvalue weighted by molar-refractivity contribution is -0.233. The summed E-state index contributed by atoms with van der Waals surface area (Å²) in [5.41, 5.74) is 1.34. The van der Waals surface area contributed by atoms with Crippen molar-refractivity contribution in [3.8, 4) is 5.75 Å². The van der Waals surface area contributed by atoms with Gasteiger partial charge in [-0.3, -0.25) is 19.6 Å². The molecule has 96 valence electrons. The van der Waals surface area contributed by atoms with Gasteiger partial charge in [-0.15, -0.1) is 0 Å². The molecule has 5 heteroatoms. The van der Waals surface area contributed by atoms with E-state index in [4.69, 9.17) is 4.74 Å². The van der Waals surface area contributed by atoms with Gasteiger partial charge in [0, 0.05) is 0 Å². The molecule has 0 spiro atoms. The number of hydrogen-bond donors (Lipinski definition) is 0. The Labute approximate surface area is 107 Å². The Balaban J connectivity index is 1.68. The fourth-order valence-electron chi connectivity index (χ4n) is 3.43. The van der Waals surface area contributed by atoms with Gasteiger partial charge in [0.1, 0.15) is 5.75 Å². The zero-order chi connectivity index (χ0) is 12.1. The molecule has 4 saturated heterocycles. The Morgan fingerprint density at radius 2 is 1.67 bits per heavy atom. The van der Waals surface area contributed by atoms with Gasteiger partial charge in [0.05, 0.1) is 46.6 Å². The van der Waals surface area contributed by atoms with E-state index >= 15 is 0 Å². The third kappa shape index (κ3) is 1.55. The highest BCUT2D eigenvalue weighted by Gasteiger charge is 2.43. The molecule has 5 rings (SSSR count). The Bertz CT molecular complexity index is 436. The number of ether oxygens (including phenoxy) is 1. The summed E-state index contributed by atoms with van der Waals surface area (Å²) < 4.78 is 5.34. The van der Waals surface area contributed by atoms with Crippen molar-refractivity contribution >= 4 is 0 Å². The Morgan fingerprint density at radius 1 is 1.00 bits per heavy atom. The second kappa shape index (κ2) is 3.93. The first kappa shape index (κ1) is 10.8. The van der Waals surface area contributed by atoms with Gasteiger partial charge in [0.15, 0.2) is 0 Å². The predicted octanol–water partition coefficient (Wildman–Crippen LogP) is 0.730. The summed E-state index contributed by atoms with van der Waals surface area (Å²) in [6, 6.07) is 8.47. The van der Waals surface area contributed by atoms with Gasteiger partial charge in [-0.2, -0.15) is 0 Å². The molecule has 5 nitrogen and oxygen atoms in total. The molecule has 4 aliphatic rings. The molecule has 0 aromatic heterocycles. The van der Waals surface area contributed by atoms with Crippen LogP contribution in [0.4, 0.5) is 0 Å². The third-order valence-electron chi connectivity index (χ3n) is 4.01. The van der Waals surface area contributed by atoms with Crippen molar-refractivity contribution in [1.82, 2.24) is 19.6 Å². The van der Waals surface area contributed by atoms with Crippen LogP contribution in [0.3, 0.4) is 0 Å². The molecule has 1 aromatic rings. The number of nitrogens with zero attached hydrogens (tertiary/aromatic N) is 4. The largest absolute Gasteiger partial charge is 0.497 e. The summed E-state index contributed by atoms with van der Waals surface area (Å²) in [6.07, 6.45) is 0.410. The quantitative estimate of drug-likeness (QED) is 0.765. The van der Waals surface area contributed by atoms with Crippen LogP contribution in [0, 0.1) is 0 Å². The maximum atomic E-state index is 5.34. The van der Waals surface area contributed by atoms with Gasteiger partial charge < -0.3 is 4.74 Å². The van der Waals surface area contributed by atoms with Crippen molar-refractivity contribution < 1.29 is 4.74 Å². The Morgan fingerprint density at radius 3 is 2.28 bits per heavy atom. The van der Waals surface area contributed by atoms with Crippen LogP contribution in [0.25, 0.3) is 0 Å². The minimum atomic E-state index is 0.410. The van der Waals surface area contributed by atoms with Crippen molar-refractivity contribution in [3.63, 3.8) is 0 Å². The molecule has 18 heavy (non-hydrogen) atoms. The van der Waals surface area contributed by atoms with Crippen LogP contribution >= 0.6 is 0 Å². The fourth-order valence-corrected chi connectivity index (χ4v) is 3.43. The molecular weight excluding hydrogens is 228 g/mol. The van der Waals surface area contributed by atoms with E-state index in [-0.39, 0.29) is 0 Å². The third-order valence-corrected chi connectivity index (χ3v) is 4.01. The van der Waals surface area contributed by atoms with Gasteiger partial charge in [-0.05, 0) is 17.7 Å². The summed E-state index contributed by atoms with van der Waals surface area (Å²) in [7, 11) is 1.73. The summed E-state index contributed by atoms with van der Waals surface area (Å²) >= 11 is 0. The van der Waals surface area contributed by atoms with E-state index in [9.17, 15) is 0 Å². The van der Waals surface area contributed by atoms with Crippen molar-refractivity contribution in [1.29, 1.82) is 0 Å². The molecule has 0 atom stereocenters. The molecule has 4 aliphatic heterocycles. The van der Waals surface area contributed by atoms with E-state index in [0.29, 0.717) is 6.17 Å². The van der Waals surface area contributed by atoms with Crippen LogP contribution < -0.4 is 4.74 Å². The SMILES string of the molecule is COc1cccc(C2N3CN4CN(C3)CN2C4)c1. The molecule has 0 radical (unpaired) electrons. The van der Waals surface area contributed by atoms with Crippen LogP contribution in [0.1, 0.15) is 11.7 Å². The lowest BCUT2D eigenvalue weighted by Gasteiger charge is -2.60. The van der Waals surface area contributed by atoms with Crippen molar-refractivity contribution in [2.24, 2.45) is 0 Å². The molecule has 4 heterocycles. The monoisotopic (exact) mass is 246 g/mol. The molecule has 0 unspecified atom stereocenters. The highest BCUT2D eigenvalue weighted by atomic mass is 16.5. The van der Waals surface area contributed by atoms with Gasteiger partial charge >= 0.3 is 0 Å². The zero-order valence-electron chi connectivity index (χ0n) is 10.6. The Kier molecular flexibility index (Phi) is 2.35. The second-order valence-corrected chi connectivity index (χ2v) is 5.38. The number of rotatable bonds is 2. The molecule has 1 aromatic carbocycles. The number of hydrogen-bond acceptors (Lipinski definition) is 5. The first-order valence-electron chi connectivity index (χ1n) is 6.40. The van der Waals surface area contributed by atoms with E-state index < -0.39 is 0 Å². The van der Waals surface area contributed by atoms with Crippen LogP contribution in [0.2, 0.25) is 0 Å². The van der Waals surface area contributed by atoms with Crippen molar-refractivity contribution in [3.05, 3.63) is 29.8 Å². The second-order valence-electron chi connectivity index (χ2n) is 5.38. The predicted molar refractivity (Wildman–Crippen MR) is 67.4 cm³/mol. The minimum Gasteiger partial charge on any atom is -0.497 e. The van der Waals surface area contributed by atoms with Crippen LogP contribution in [-0.2, 0) is 0 Å². The minimum absolute atomic E-state index is 0.410. The molecule has 4 bridgehead atoms. The lowest BCUT2D eigenvalue weighted by Crippen LogP contribution is -2.72. The molecular formula is C13H18N4O. The van der Waals surface area contributed by atoms with Crippen LogP contribution in [0.15, 0.2) is 24.3 Å². The van der Waals surface area contributed by atoms with Gasteiger partial charge in [-0.25, -0.2) is 0 Å². The molecule has 0 amide bonds. The van der Waals surface area contributed by atoms with E-state index in [1.807, 2.05) is 6.07 Å². The normalized spacial score (nSPS) is 41.1. The summed E-state index contributed by atoms with van der Waals surface area (Å²) in [5, 5.41) is 0. The van der Waals surface area contributed by atoms with Gasteiger partial charge in [-0.1, -0.05) is 12.1 Å². The zero-order valence-corrected chi connectivity index (χ0v) is 10.6. The smallest absolute Gasteiger partial charge is 0.119 e. The summed E-state index contributed by atoms with van der Waals surface area (Å²) in [4.78, 5) is 9.99. The average molecular weight is 246 g/mol. The highest BCUT2D eigenvalue weighted by Crippen LogP contribution is 2.36. The van der Waals surface area contributed by atoms with Gasteiger partial charge in [0.25, 0.3) is 0 Å². The molecule has 0 saturated carbocycles. The fraction of sp³-hybridized carbons (Fsp3) is 0.538. The lowest BCUT2D eigenvalue weighted by atomic mass is 10.1. The van der Waals surface area contributed by atoms with E-state index in [0.717, 1.165) is 39.1 Å². The van der Waals surface area contributed by atoms with Crippen molar-refractivity contribution in [2.75, 3.05) is 40.5 Å². The Hall–Kier alpha value is -1.14. The van der Waals surface area contributed by atoms with Gasteiger partial charge in [0.2, 0.25) is 0 Å². The number of methoxy groups -OCH3 is 1. The standard InChI is InChI=1S/C13H18N4O/c1-18-12-4-2-3-11(5-12)13-16-7-14-6-15(9-16)10-17(13)8-14/h2-5,13H,6-10H2,1H3. The van der Waals surface area contributed by atoms with Crippen molar-refractivity contribution in [2.45, 2.75) is 6.17 Å². The van der Waals surface area contributed by atoms with Crippen LogP contribution in [0.5, 0.6) is 5.75 Å². The first-order valence-corrected chi connectivity index (χ1v) is 6.40. The molecule has 0 N–H and O–H groups in total. The van der Waals surface area contributed by atoms with Crippen LogP contribution in [-0.4, -0.2) is 60.1 Å². The highest BCUT2D eigenvalue weighted by molar-refractivity contribution is 5.31. The maximum Gasteiger partial charge on any atom is 0.119 e. The topological polar surface area (TPSA) is 22.2 Å². The summed E-state index contributed by atoms with van der Waals surface area (Å²) in [5.74, 6) is 0.948. The molecule has 4 fully saturated rings. The summed E-state index contributed by atoms with van der Waals surface area (Å²) in [6.45, 7) is 5.44. The number of benzene rings is 1. The van der Waals surface area contributed by atoms with E-state index in [1.165, 1.54) is 5.56 Å². The van der Waals surface area contributed by atoms with E-state index in [2.05, 4.69) is 37.8 Å². The van der Waals surface area contributed by atoms with E-state index in [1.54, 1.807) is 7.11 Å². The average Bonchev–Trinajstić information content (AvgIpc) is 2.38. The maximum absolute atomic E-state index is 5.34. The first-order chi connectivity index (χ1) is 8.83. The molecule has 0 aliphatic carbocycles.